The van der Waals surface area contributed by atoms with Crippen LogP contribution in [0.15, 0.2) is 60.3 Å². The summed E-state index contributed by atoms with van der Waals surface area (Å²) in [6.45, 7) is 1.25. The number of hydrogen-bond donors (Lipinski definition) is 2. The molecule has 2 N–H and O–H groups in total. The fourth-order valence-electron chi connectivity index (χ4n) is 2.29. The lowest BCUT2D eigenvalue weighted by atomic mass is 10.1. The van der Waals surface area contributed by atoms with Crippen molar-refractivity contribution in [3.8, 4) is 0 Å². The molecule has 0 radical (unpaired) electrons. The van der Waals surface area contributed by atoms with Gasteiger partial charge in [0, 0.05) is 24.6 Å². The van der Waals surface area contributed by atoms with Crippen molar-refractivity contribution in [1.82, 2.24) is 10.6 Å². The molecule has 150 valence electrons. The van der Waals surface area contributed by atoms with Crippen LogP contribution in [0.1, 0.15) is 22.8 Å². The topological polar surface area (TPSA) is 128 Å². The molecule has 0 fully saturated rings. The molecule has 0 aliphatic rings. The van der Waals surface area contributed by atoms with Crippen molar-refractivity contribution in [3.05, 3.63) is 81.5 Å². The zero-order valence-corrected chi connectivity index (χ0v) is 15.6. The van der Waals surface area contributed by atoms with Crippen molar-refractivity contribution in [3.63, 3.8) is 0 Å². The van der Waals surface area contributed by atoms with E-state index in [0.29, 0.717) is 11.1 Å². The number of carbonyl (C=O) groups excluding carboxylic acids is 3. The lowest BCUT2D eigenvalue weighted by Crippen LogP contribution is -2.36. The average Bonchev–Trinajstić information content (AvgIpc) is 2.71. The number of esters is 1. The third kappa shape index (κ3) is 6.90. The molecule has 2 amide bonds. The Morgan fingerprint density at radius 1 is 1.10 bits per heavy atom. The van der Waals surface area contributed by atoms with Crippen LogP contribution in [0.4, 0.5) is 5.69 Å². The second-order valence-electron chi connectivity index (χ2n) is 5.83. The number of hydrogen-bond acceptors (Lipinski definition) is 6. The molecule has 0 aliphatic heterocycles. The van der Waals surface area contributed by atoms with Crippen LogP contribution in [0, 0.1) is 10.1 Å². The molecule has 0 heterocycles. The highest BCUT2D eigenvalue weighted by Crippen LogP contribution is 2.15. The molecule has 0 atom stereocenters. The maximum atomic E-state index is 12.5. The Hall–Kier alpha value is -4.01. The van der Waals surface area contributed by atoms with Crippen LogP contribution >= 0.6 is 0 Å². The Morgan fingerprint density at radius 2 is 1.83 bits per heavy atom. The number of nitrogens with zero attached hydrogens (tertiary/aromatic N) is 1. The lowest BCUT2D eigenvalue weighted by Gasteiger charge is -2.11. The van der Waals surface area contributed by atoms with Crippen molar-refractivity contribution in [2.75, 3.05) is 13.2 Å². The molecule has 2 aromatic rings. The number of benzene rings is 2. The van der Waals surface area contributed by atoms with E-state index in [1.807, 2.05) is 0 Å². The number of nitrogens with one attached hydrogen (secondary N) is 2. The number of carbonyl (C=O) groups is 3. The highest BCUT2D eigenvalue weighted by molar-refractivity contribution is 6.05. The van der Waals surface area contributed by atoms with Crippen molar-refractivity contribution in [1.29, 1.82) is 0 Å². The molecule has 0 unspecified atom stereocenters. The van der Waals surface area contributed by atoms with Gasteiger partial charge in [0.15, 0.2) is 0 Å². The molecule has 2 aromatic carbocycles. The normalized spacial score (nSPS) is 10.7. The van der Waals surface area contributed by atoms with Gasteiger partial charge in [-0.3, -0.25) is 24.5 Å². The quantitative estimate of drug-likeness (QED) is 0.231. The predicted octanol–water partition coefficient (Wildman–Crippen LogP) is 2.04. The predicted molar refractivity (Wildman–Crippen MR) is 105 cm³/mol. The van der Waals surface area contributed by atoms with E-state index >= 15 is 0 Å². The second kappa shape index (κ2) is 10.4. The first-order chi connectivity index (χ1) is 13.9. The minimum Gasteiger partial charge on any atom is -0.464 e. The molecule has 0 spiro atoms. The molecule has 0 aliphatic carbocycles. The van der Waals surface area contributed by atoms with Crippen molar-refractivity contribution in [2.24, 2.45) is 0 Å². The molecule has 0 aromatic heterocycles. The number of nitro groups is 1. The maximum Gasteiger partial charge on any atom is 0.302 e. The minimum atomic E-state index is -0.632. The summed E-state index contributed by atoms with van der Waals surface area (Å²) < 4.78 is 4.75. The number of nitro benzene ring substituents is 1. The molecule has 0 saturated carbocycles. The number of amides is 2. The molecular formula is C20H19N3O6. The minimum absolute atomic E-state index is 0.0300. The molecule has 9 heteroatoms. The van der Waals surface area contributed by atoms with Gasteiger partial charge in [-0.1, -0.05) is 30.3 Å². The van der Waals surface area contributed by atoms with Gasteiger partial charge in [0.05, 0.1) is 11.5 Å². The van der Waals surface area contributed by atoms with Gasteiger partial charge in [0.1, 0.15) is 12.3 Å². The molecule has 9 nitrogen and oxygen atoms in total. The number of rotatable bonds is 8. The number of non-ortho nitro benzene ring substituents is 1. The van der Waals surface area contributed by atoms with Gasteiger partial charge < -0.3 is 15.4 Å². The van der Waals surface area contributed by atoms with E-state index in [1.54, 1.807) is 36.4 Å². The fraction of sp³-hybridized carbons (Fsp3) is 0.150. The summed E-state index contributed by atoms with van der Waals surface area (Å²) in [5.74, 6) is -1.63. The van der Waals surface area contributed by atoms with Gasteiger partial charge in [-0.25, -0.2) is 0 Å². The number of ether oxygens (including phenoxy) is 1. The van der Waals surface area contributed by atoms with E-state index in [9.17, 15) is 24.5 Å². The lowest BCUT2D eigenvalue weighted by molar-refractivity contribution is -0.384. The van der Waals surface area contributed by atoms with Crippen molar-refractivity contribution in [2.45, 2.75) is 6.92 Å². The van der Waals surface area contributed by atoms with Gasteiger partial charge in [0.25, 0.3) is 17.5 Å². The van der Waals surface area contributed by atoms with Crippen molar-refractivity contribution >= 4 is 29.5 Å². The Kier molecular flexibility index (Phi) is 7.60. The van der Waals surface area contributed by atoms with Crippen LogP contribution in [0.3, 0.4) is 0 Å². The van der Waals surface area contributed by atoms with E-state index in [0.717, 1.165) is 0 Å². The van der Waals surface area contributed by atoms with Crippen molar-refractivity contribution < 1.29 is 24.0 Å². The Morgan fingerprint density at radius 3 is 2.48 bits per heavy atom. The van der Waals surface area contributed by atoms with E-state index in [1.165, 1.54) is 31.2 Å². The highest BCUT2D eigenvalue weighted by Gasteiger charge is 2.15. The fourth-order valence-corrected chi connectivity index (χ4v) is 2.29. The van der Waals surface area contributed by atoms with Crippen LogP contribution in [-0.2, 0) is 14.3 Å². The van der Waals surface area contributed by atoms with Crippen LogP contribution < -0.4 is 10.6 Å². The molecule has 0 saturated heterocycles. The van der Waals surface area contributed by atoms with Gasteiger partial charge in [0.2, 0.25) is 0 Å². The van der Waals surface area contributed by atoms with E-state index < -0.39 is 22.7 Å². The first-order valence-corrected chi connectivity index (χ1v) is 8.61. The largest absolute Gasteiger partial charge is 0.464 e. The zero-order valence-electron chi connectivity index (χ0n) is 15.6. The smallest absolute Gasteiger partial charge is 0.302 e. The molecule has 0 bridgehead atoms. The monoisotopic (exact) mass is 397 g/mol. The first-order valence-electron chi connectivity index (χ1n) is 8.61. The summed E-state index contributed by atoms with van der Waals surface area (Å²) >= 11 is 0. The molecular weight excluding hydrogens is 378 g/mol. The summed E-state index contributed by atoms with van der Waals surface area (Å²) in [5, 5.41) is 16.0. The van der Waals surface area contributed by atoms with Gasteiger partial charge in [-0.05, 0) is 23.8 Å². The standard InChI is InChI=1S/C20H19N3O6/c1-14(24)29-11-10-21-20(26)18(22-19(25)16-7-3-2-4-8-16)13-15-6-5-9-17(12-15)23(27)28/h2-9,12-13H,10-11H2,1H3,(H,21,26)(H,22,25)/b18-13+. The molecule has 2 rings (SSSR count). The summed E-state index contributed by atoms with van der Waals surface area (Å²) in [7, 11) is 0. The Labute approximate surface area is 166 Å². The summed E-state index contributed by atoms with van der Waals surface area (Å²) in [6.07, 6.45) is 1.33. The van der Waals surface area contributed by atoms with Crippen LogP contribution in [0.2, 0.25) is 0 Å². The van der Waals surface area contributed by atoms with Crippen LogP contribution in [-0.4, -0.2) is 35.9 Å². The van der Waals surface area contributed by atoms with E-state index in [4.69, 9.17) is 4.74 Å². The molecule has 29 heavy (non-hydrogen) atoms. The van der Waals surface area contributed by atoms with Gasteiger partial charge >= 0.3 is 5.97 Å². The third-order valence-electron chi connectivity index (χ3n) is 3.61. The highest BCUT2D eigenvalue weighted by atomic mass is 16.6. The maximum absolute atomic E-state index is 12.5. The van der Waals surface area contributed by atoms with Crippen LogP contribution in [0.25, 0.3) is 6.08 Å². The van der Waals surface area contributed by atoms with E-state index in [2.05, 4.69) is 10.6 Å². The zero-order chi connectivity index (χ0) is 21.2. The SMILES string of the molecule is CC(=O)OCCNC(=O)/C(=C\c1cccc([N+](=O)[O-])c1)NC(=O)c1ccccc1. The average molecular weight is 397 g/mol. The van der Waals surface area contributed by atoms with Crippen LogP contribution in [0.5, 0.6) is 0 Å². The second-order valence-corrected chi connectivity index (χ2v) is 5.83. The van der Waals surface area contributed by atoms with E-state index in [-0.39, 0.29) is 24.5 Å². The van der Waals surface area contributed by atoms with Gasteiger partial charge in [-0.15, -0.1) is 0 Å². The Bertz CT molecular complexity index is 940. The summed E-state index contributed by atoms with van der Waals surface area (Å²) in [6, 6.07) is 13.9. The summed E-state index contributed by atoms with van der Waals surface area (Å²) in [4.78, 5) is 46.1. The first kappa shape index (κ1) is 21.3. The Balaban J connectivity index is 2.23. The van der Waals surface area contributed by atoms with Gasteiger partial charge in [-0.2, -0.15) is 0 Å². The summed E-state index contributed by atoms with van der Waals surface area (Å²) in [5.41, 5.74) is 0.438. The third-order valence-corrected chi connectivity index (χ3v) is 3.61.